The van der Waals surface area contributed by atoms with Crippen LogP contribution in [0.4, 0.5) is 5.82 Å². The van der Waals surface area contributed by atoms with E-state index in [1.165, 1.54) is 12.8 Å². The van der Waals surface area contributed by atoms with E-state index in [0.29, 0.717) is 5.02 Å². The van der Waals surface area contributed by atoms with Gasteiger partial charge in [0.15, 0.2) is 0 Å². The number of hydrogen-bond acceptors (Lipinski definition) is 2. The third-order valence-corrected chi connectivity index (χ3v) is 3.74. The van der Waals surface area contributed by atoms with Gasteiger partial charge in [-0.15, -0.1) is 0 Å². The first kappa shape index (κ1) is 11.2. The van der Waals surface area contributed by atoms with Crippen molar-refractivity contribution in [2.24, 2.45) is 0 Å². The number of aromatic nitrogens is 1. The van der Waals surface area contributed by atoms with Crippen LogP contribution in [0.2, 0.25) is 5.02 Å². The fourth-order valence-electron chi connectivity index (χ4n) is 2.11. The highest BCUT2D eigenvalue weighted by atomic mass is 79.9. The van der Waals surface area contributed by atoms with E-state index in [-0.39, 0.29) is 5.54 Å². The van der Waals surface area contributed by atoms with Crippen molar-refractivity contribution in [2.45, 2.75) is 32.2 Å². The van der Waals surface area contributed by atoms with Crippen LogP contribution in [-0.4, -0.2) is 17.1 Å². The van der Waals surface area contributed by atoms with Gasteiger partial charge in [0, 0.05) is 18.3 Å². The first-order chi connectivity index (χ1) is 7.00. The van der Waals surface area contributed by atoms with Gasteiger partial charge in [-0.05, 0) is 48.7 Å². The van der Waals surface area contributed by atoms with E-state index < -0.39 is 0 Å². The molecule has 0 aromatic carbocycles. The van der Waals surface area contributed by atoms with Crippen LogP contribution in [0.5, 0.6) is 0 Å². The molecule has 0 radical (unpaired) electrons. The minimum absolute atomic E-state index is 0.198. The first-order valence-electron chi connectivity index (χ1n) is 5.09. The van der Waals surface area contributed by atoms with Gasteiger partial charge >= 0.3 is 0 Å². The monoisotopic (exact) mass is 288 g/mol. The smallest absolute Gasteiger partial charge is 0.143 e. The van der Waals surface area contributed by atoms with Crippen LogP contribution in [0.3, 0.4) is 0 Å². The highest BCUT2D eigenvalue weighted by Crippen LogP contribution is 2.36. The number of anilines is 1. The second-order valence-corrected chi connectivity index (χ2v) is 5.82. The Labute approximate surface area is 104 Å². The molecule has 4 heteroatoms. The Bertz CT molecular complexity index is 379. The number of halogens is 2. The number of hydrogen-bond donors (Lipinski definition) is 0. The molecule has 0 aliphatic carbocycles. The number of rotatable bonds is 1. The van der Waals surface area contributed by atoms with Crippen LogP contribution in [0.15, 0.2) is 16.7 Å². The molecule has 1 aromatic heterocycles. The zero-order valence-corrected chi connectivity index (χ0v) is 11.3. The molecule has 1 fully saturated rings. The summed E-state index contributed by atoms with van der Waals surface area (Å²) in [6.07, 6.45) is 4.14. The largest absolute Gasteiger partial charge is 0.351 e. The SMILES string of the molecule is CC1(C)CCCN1c1ncc(Cl)cc1Br. The average Bonchev–Trinajstić information content (AvgIpc) is 2.46. The number of nitrogens with zero attached hydrogens (tertiary/aromatic N) is 2. The molecule has 1 aromatic rings. The van der Waals surface area contributed by atoms with Gasteiger partial charge in [-0.2, -0.15) is 0 Å². The first-order valence-corrected chi connectivity index (χ1v) is 6.26. The van der Waals surface area contributed by atoms with Crippen molar-refractivity contribution < 1.29 is 0 Å². The number of pyridine rings is 1. The van der Waals surface area contributed by atoms with E-state index in [9.17, 15) is 0 Å². The normalized spacial score (nSPS) is 19.6. The van der Waals surface area contributed by atoms with E-state index >= 15 is 0 Å². The van der Waals surface area contributed by atoms with E-state index in [0.717, 1.165) is 16.8 Å². The molecular formula is C11H14BrClN2. The molecule has 1 aliphatic rings. The van der Waals surface area contributed by atoms with E-state index in [2.05, 4.69) is 39.7 Å². The molecule has 0 atom stereocenters. The molecule has 2 rings (SSSR count). The zero-order chi connectivity index (χ0) is 11.1. The molecule has 0 bridgehead atoms. The molecule has 0 unspecified atom stereocenters. The van der Waals surface area contributed by atoms with Gasteiger partial charge in [0.1, 0.15) is 5.82 Å². The third-order valence-electron chi connectivity index (χ3n) is 2.95. The van der Waals surface area contributed by atoms with E-state index in [1.54, 1.807) is 6.20 Å². The Kier molecular flexibility index (Phi) is 2.95. The van der Waals surface area contributed by atoms with Crippen molar-refractivity contribution in [3.8, 4) is 0 Å². The highest BCUT2D eigenvalue weighted by Gasteiger charge is 2.33. The quantitative estimate of drug-likeness (QED) is 0.780. The van der Waals surface area contributed by atoms with Crippen LogP contribution >= 0.6 is 27.5 Å². The van der Waals surface area contributed by atoms with Gasteiger partial charge in [-0.1, -0.05) is 11.6 Å². The predicted octanol–water partition coefficient (Wildman–Crippen LogP) is 3.88. The summed E-state index contributed by atoms with van der Waals surface area (Å²) in [6, 6.07) is 1.90. The minimum Gasteiger partial charge on any atom is -0.351 e. The standard InChI is InChI=1S/C11H14BrClN2/c1-11(2)4-3-5-15(11)10-9(12)6-8(13)7-14-10/h6-7H,3-5H2,1-2H3. The van der Waals surface area contributed by atoms with Gasteiger partial charge in [0.25, 0.3) is 0 Å². The fraction of sp³-hybridized carbons (Fsp3) is 0.545. The van der Waals surface area contributed by atoms with Crippen molar-refractivity contribution >= 4 is 33.3 Å². The summed E-state index contributed by atoms with van der Waals surface area (Å²) in [5.41, 5.74) is 0.198. The van der Waals surface area contributed by atoms with Gasteiger partial charge in [-0.25, -0.2) is 4.98 Å². The lowest BCUT2D eigenvalue weighted by molar-refractivity contribution is 0.514. The van der Waals surface area contributed by atoms with Gasteiger partial charge in [0.05, 0.1) is 9.50 Å². The molecule has 0 spiro atoms. The Morgan fingerprint density at radius 1 is 1.53 bits per heavy atom. The minimum atomic E-state index is 0.198. The molecule has 0 N–H and O–H groups in total. The van der Waals surface area contributed by atoms with Crippen LogP contribution in [0, 0.1) is 0 Å². The van der Waals surface area contributed by atoms with E-state index in [1.807, 2.05) is 6.07 Å². The lowest BCUT2D eigenvalue weighted by Gasteiger charge is -2.33. The molecule has 1 saturated heterocycles. The summed E-state index contributed by atoms with van der Waals surface area (Å²) in [4.78, 5) is 6.74. The van der Waals surface area contributed by atoms with Crippen molar-refractivity contribution in [1.82, 2.24) is 4.98 Å². The zero-order valence-electron chi connectivity index (χ0n) is 8.93. The molecule has 0 amide bonds. The third kappa shape index (κ3) is 2.13. The predicted molar refractivity (Wildman–Crippen MR) is 67.6 cm³/mol. The second kappa shape index (κ2) is 3.95. The lowest BCUT2D eigenvalue weighted by atomic mass is 10.0. The maximum Gasteiger partial charge on any atom is 0.143 e. The topological polar surface area (TPSA) is 16.1 Å². The second-order valence-electron chi connectivity index (χ2n) is 4.53. The van der Waals surface area contributed by atoms with Crippen LogP contribution in [-0.2, 0) is 0 Å². The molecule has 15 heavy (non-hydrogen) atoms. The molecular weight excluding hydrogens is 275 g/mol. The molecule has 0 saturated carbocycles. The summed E-state index contributed by atoms with van der Waals surface area (Å²) in [5.74, 6) is 1.00. The van der Waals surface area contributed by atoms with Gasteiger partial charge in [-0.3, -0.25) is 0 Å². The Hall–Kier alpha value is -0.280. The summed E-state index contributed by atoms with van der Waals surface area (Å²) < 4.78 is 0.977. The van der Waals surface area contributed by atoms with Crippen LogP contribution in [0.1, 0.15) is 26.7 Å². The van der Waals surface area contributed by atoms with Gasteiger partial charge in [0.2, 0.25) is 0 Å². The van der Waals surface area contributed by atoms with Crippen molar-refractivity contribution in [1.29, 1.82) is 0 Å². The summed E-state index contributed by atoms with van der Waals surface area (Å²) in [5, 5.41) is 0.669. The van der Waals surface area contributed by atoms with Crippen molar-refractivity contribution in [3.05, 3.63) is 21.8 Å². The molecule has 82 valence electrons. The Morgan fingerprint density at radius 2 is 2.27 bits per heavy atom. The van der Waals surface area contributed by atoms with Gasteiger partial charge < -0.3 is 4.90 Å². The van der Waals surface area contributed by atoms with Crippen LogP contribution < -0.4 is 4.90 Å². The summed E-state index contributed by atoms with van der Waals surface area (Å²) >= 11 is 9.40. The fourth-order valence-corrected chi connectivity index (χ4v) is 2.96. The molecule has 1 aliphatic heterocycles. The van der Waals surface area contributed by atoms with E-state index in [4.69, 9.17) is 11.6 Å². The molecule has 2 heterocycles. The van der Waals surface area contributed by atoms with Crippen molar-refractivity contribution in [3.63, 3.8) is 0 Å². The maximum absolute atomic E-state index is 5.88. The van der Waals surface area contributed by atoms with Crippen molar-refractivity contribution in [2.75, 3.05) is 11.4 Å². The van der Waals surface area contributed by atoms with Crippen LogP contribution in [0.25, 0.3) is 0 Å². The lowest BCUT2D eigenvalue weighted by Crippen LogP contribution is -2.38. The summed E-state index contributed by atoms with van der Waals surface area (Å²) in [7, 11) is 0. The maximum atomic E-state index is 5.88. The highest BCUT2D eigenvalue weighted by molar-refractivity contribution is 9.10. The Balaban J connectivity index is 2.37. The Morgan fingerprint density at radius 3 is 2.80 bits per heavy atom. The average molecular weight is 290 g/mol. The summed E-state index contributed by atoms with van der Waals surface area (Å²) in [6.45, 7) is 5.58. The molecule has 2 nitrogen and oxygen atoms in total.